The maximum atomic E-state index is 12.2. The largest absolute Gasteiger partial charge is 0.378 e. The van der Waals surface area contributed by atoms with E-state index in [1.54, 1.807) is 18.2 Å². The molecule has 0 aliphatic carbocycles. The molecule has 138 valence electrons. The predicted molar refractivity (Wildman–Crippen MR) is 109 cm³/mol. The molecule has 0 bridgehead atoms. The fourth-order valence-electron chi connectivity index (χ4n) is 2.42. The molecule has 0 fully saturated rings. The molecule has 2 aromatic carbocycles. The minimum absolute atomic E-state index is 0.137. The van der Waals surface area contributed by atoms with Gasteiger partial charge in [0.15, 0.2) is 0 Å². The molecule has 26 heavy (non-hydrogen) atoms. The number of hydrogen-bond donors (Lipinski definition) is 1. The topological polar surface area (TPSA) is 52.7 Å². The van der Waals surface area contributed by atoms with Gasteiger partial charge in [-0.2, -0.15) is 0 Å². The maximum absolute atomic E-state index is 12.2. The lowest BCUT2D eigenvalue weighted by Gasteiger charge is -2.22. The summed E-state index contributed by atoms with van der Waals surface area (Å²) in [5.41, 5.74) is 2.24. The number of carbonyl (C=O) groups is 2. The summed E-state index contributed by atoms with van der Waals surface area (Å²) in [7, 11) is 3.90. The third-order valence-corrected chi connectivity index (χ3v) is 4.36. The Bertz CT molecular complexity index is 792. The van der Waals surface area contributed by atoms with E-state index in [4.69, 9.17) is 23.2 Å². The van der Waals surface area contributed by atoms with E-state index in [2.05, 4.69) is 5.32 Å². The number of amides is 2. The van der Waals surface area contributed by atoms with Gasteiger partial charge in [-0.3, -0.25) is 9.59 Å². The predicted octanol–water partition coefficient (Wildman–Crippen LogP) is 4.44. The quantitative estimate of drug-likeness (QED) is 0.788. The average Bonchev–Trinajstić information content (AvgIpc) is 2.58. The Kier molecular flexibility index (Phi) is 6.89. The van der Waals surface area contributed by atoms with Crippen LogP contribution in [-0.2, 0) is 9.59 Å². The van der Waals surface area contributed by atoms with Gasteiger partial charge in [0.25, 0.3) is 0 Å². The third-order valence-electron chi connectivity index (χ3n) is 3.81. The molecule has 0 radical (unpaired) electrons. The van der Waals surface area contributed by atoms with Crippen molar-refractivity contribution in [2.24, 2.45) is 0 Å². The number of hydrogen-bond acceptors (Lipinski definition) is 3. The molecule has 1 N–H and O–H groups in total. The molecule has 2 rings (SSSR count). The summed E-state index contributed by atoms with van der Waals surface area (Å²) < 4.78 is 0. The number of rotatable bonds is 6. The van der Waals surface area contributed by atoms with E-state index in [0.717, 1.165) is 5.69 Å². The second-order valence-electron chi connectivity index (χ2n) is 6.01. The third kappa shape index (κ3) is 5.38. The summed E-state index contributed by atoms with van der Waals surface area (Å²) in [6, 6.07) is 12.4. The van der Waals surface area contributed by atoms with E-state index < -0.39 is 0 Å². The Morgan fingerprint density at radius 2 is 1.69 bits per heavy atom. The second-order valence-corrected chi connectivity index (χ2v) is 6.85. The Labute approximate surface area is 163 Å². The molecule has 2 amide bonds. The summed E-state index contributed by atoms with van der Waals surface area (Å²) >= 11 is 12.2. The molecule has 0 unspecified atom stereocenters. The molecule has 0 atom stereocenters. The smallest absolute Gasteiger partial charge is 0.226 e. The van der Waals surface area contributed by atoms with E-state index in [-0.39, 0.29) is 24.8 Å². The number of halogens is 2. The summed E-state index contributed by atoms with van der Waals surface area (Å²) in [6.45, 7) is 1.63. The standard InChI is InChI=1S/C19H21Cl2N3O2/c1-13(25)24(18-12-14(20)4-9-17(18)21)11-10-19(26)22-15-5-7-16(8-6-15)23(2)3/h4-9,12H,10-11H2,1-3H3,(H,22,26). The van der Waals surface area contributed by atoms with Gasteiger partial charge < -0.3 is 15.1 Å². The Hall–Kier alpha value is -2.24. The van der Waals surface area contributed by atoms with Gasteiger partial charge in [-0.15, -0.1) is 0 Å². The van der Waals surface area contributed by atoms with Gasteiger partial charge in [-0.05, 0) is 42.5 Å². The summed E-state index contributed by atoms with van der Waals surface area (Å²) in [6.07, 6.45) is 0.137. The van der Waals surface area contributed by atoms with Crippen LogP contribution in [0, 0.1) is 0 Å². The van der Waals surface area contributed by atoms with Crippen LogP contribution in [0.4, 0.5) is 17.1 Å². The molecule has 5 nitrogen and oxygen atoms in total. The van der Waals surface area contributed by atoms with Crippen LogP contribution in [0.15, 0.2) is 42.5 Å². The van der Waals surface area contributed by atoms with Crippen molar-refractivity contribution >= 4 is 52.1 Å². The highest BCUT2D eigenvalue weighted by atomic mass is 35.5. The molecule has 0 saturated heterocycles. The van der Waals surface area contributed by atoms with Crippen LogP contribution >= 0.6 is 23.2 Å². The molecule has 0 aliphatic rings. The number of anilines is 3. The van der Waals surface area contributed by atoms with Crippen LogP contribution < -0.4 is 15.1 Å². The van der Waals surface area contributed by atoms with Crippen LogP contribution in [0.1, 0.15) is 13.3 Å². The van der Waals surface area contributed by atoms with Gasteiger partial charge in [0, 0.05) is 50.4 Å². The molecule has 0 aliphatic heterocycles. The first-order valence-electron chi connectivity index (χ1n) is 8.08. The van der Waals surface area contributed by atoms with Crippen LogP contribution in [0.3, 0.4) is 0 Å². The first-order valence-corrected chi connectivity index (χ1v) is 8.84. The van der Waals surface area contributed by atoms with E-state index in [9.17, 15) is 9.59 Å². The zero-order chi connectivity index (χ0) is 19.3. The van der Waals surface area contributed by atoms with E-state index in [1.165, 1.54) is 11.8 Å². The molecule has 2 aromatic rings. The molecular formula is C19H21Cl2N3O2. The van der Waals surface area contributed by atoms with Crippen LogP contribution in [-0.4, -0.2) is 32.5 Å². The SMILES string of the molecule is CC(=O)N(CCC(=O)Nc1ccc(N(C)C)cc1)c1cc(Cl)ccc1Cl. The normalized spacial score (nSPS) is 10.3. The zero-order valence-corrected chi connectivity index (χ0v) is 16.4. The minimum Gasteiger partial charge on any atom is -0.378 e. The van der Waals surface area contributed by atoms with Crippen LogP contribution in [0.2, 0.25) is 10.0 Å². The Morgan fingerprint density at radius 1 is 1.04 bits per heavy atom. The number of nitrogens with one attached hydrogen (secondary N) is 1. The van der Waals surface area contributed by atoms with Crippen molar-refractivity contribution in [2.45, 2.75) is 13.3 Å². The molecule has 0 heterocycles. The van der Waals surface area contributed by atoms with Gasteiger partial charge in [0.2, 0.25) is 11.8 Å². The van der Waals surface area contributed by atoms with Crippen molar-refractivity contribution in [3.05, 3.63) is 52.5 Å². The number of nitrogens with zero attached hydrogens (tertiary/aromatic N) is 2. The fraction of sp³-hybridized carbons (Fsp3) is 0.263. The van der Waals surface area contributed by atoms with E-state index in [1.807, 2.05) is 43.3 Å². The highest BCUT2D eigenvalue weighted by Crippen LogP contribution is 2.29. The molecule has 7 heteroatoms. The fourth-order valence-corrected chi connectivity index (χ4v) is 2.81. The maximum Gasteiger partial charge on any atom is 0.226 e. The van der Waals surface area contributed by atoms with E-state index >= 15 is 0 Å². The summed E-state index contributed by atoms with van der Waals surface area (Å²) in [5, 5.41) is 3.71. The second kappa shape index (κ2) is 8.92. The average molecular weight is 394 g/mol. The van der Waals surface area contributed by atoms with Crippen molar-refractivity contribution in [3.63, 3.8) is 0 Å². The summed E-state index contributed by atoms with van der Waals surface area (Å²) in [5.74, 6) is -0.399. The first-order chi connectivity index (χ1) is 12.3. The van der Waals surface area contributed by atoms with Crippen LogP contribution in [0.25, 0.3) is 0 Å². The highest BCUT2D eigenvalue weighted by molar-refractivity contribution is 6.35. The van der Waals surface area contributed by atoms with E-state index in [0.29, 0.717) is 21.4 Å². The van der Waals surface area contributed by atoms with Crippen molar-refractivity contribution in [1.29, 1.82) is 0 Å². The molecule has 0 spiro atoms. The van der Waals surface area contributed by atoms with Gasteiger partial charge in [-0.25, -0.2) is 0 Å². The van der Waals surface area contributed by atoms with Crippen molar-refractivity contribution in [3.8, 4) is 0 Å². The van der Waals surface area contributed by atoms with Gasteiger partial charge >= 0.3 is 0 Å². The Morgan fingerprint density at radius 3 is 2.27 bits per heavy atom. The molecule has 0 aromatic heterocycles. The van der Waals surface area contributed by atoms with Crippen molar-refractivity contribution in [2.75, 3.05) is 35.8 Å². The Balaban J connectivity index is 2.01. The lowest BCUT2D eigenvalue weighted by Crippen LogP contribution is -2.32. The number of benzene rings is 2. The number of carbonyl (C=O) groups excluding carboxylic acids is 2. The molecular weight excluding hydrogens is 373 g/mol. The van der Waals surface area contributed by atoms with Crippen molar-refractivity contribution < 1.29 is 9.59 Å². The monoisotopic (exact) mass is 393 g/mol. The zero-order valence-electron chi connectivity index (χ0n) is 14.9. The van der Waals surface area contributed by atoms with Crippen LogP contribution in [0.5, 0.6) is 0 Å². The lowest BCUT2D eigenvalue weighted by molar-refractivity contribution is -0.117. The molecule has 0 saturated carbocycles. The summed E-state index contributed by atoms with van der Waals surface area (Å²) in [4.78, 5) is 27.6. The van der Waals surface area contributed by atoms with Gasteiger partial charge in [0.1, 0.15) is 0 Å². The highest BCUT2D eigenvalue weighted by Gasteiger charge is 2.17. The minimum atomic E-state index is -0.211. The lowest BCUT2D eigenvalue weighted by atomic mass is 10.2. The van der Waals surface area contributed by atoms with Gasteiger partial charge in [0.05, 0.1) is 10.7 Å². The van der Waals surface area contributed by atoms with Crippen molar-refractivity contribution in [1.82, 2.24) is 0 Å². The van der Waals surface area contributed by atoms with Gasteiger partial charge in [-0.1, -0.05) is 23.2 Å². The first kappa shape index (κ1) is 20.1.